The van der Waals surface area contributed by atoms with E-state index in [9.17, 15) is 4.79 Å². The van der Waals surface area contributed by atoms with Crippen molar-refractivity contribution in [1.29, 1.82) is 0 Å². The highest BCUT2D eigenvalue weighted by molar-refractivity contribution is 5.82. The van der Waals surface area contributed by atoms with Crippen LogP contribution in [0.4, 0.5) is 0 Å². The molecule has 1 rings (SSSR count). The van der Waals surface area contributed by atoms with Gasteiger partial charge in [-0.05, 0) is 31.7 Å². The summed E-state index contributed by atoms with van der Waals surface area (Å²) in [6.45, 7) is 12.0. The number of carbonyl (C=O) groups is 1. The van der Waals surface area contributed by atoms with Crippen LogP contribution in [0.3, 0.4) is 0 Å². The van der Waals surface area contributed by atoms with E-state index in [4.69, 9.17) is 5.73 Å². The third-order valence-corrected chi connectivity index (χ3v) is 3.32. The van der Waals surface area contributed by atoms with Crippen LogP contribution in [0.1, 0.15) is 50.4 Å². The molecule has 0 fully saturated rings. The van der Waals surface area contributed by atoms with Crippen molar-refractivity contribution >= 4 is 5.91 Å². The van der Waals surface area contributed by atoms with Gasteiger partial charge in [0.25, 0.3) is 0 Å². The molecule has 0 saturated carbocycles. The second kappa shape index (κ2) is 5.74. The average molecular weight is 262 g/mol. The van der Waals surface area contributed by atoms with Crippen LogP contribution in [0.15, 0.2) is 18.2 Å². The molecule has 0 aromatic heterocycles. The summed E-state index contributed by atoms with van der Waals surface area (Å²) < 4.78 is 0. The Morgan fingerprint density at radius 2 is 1.63 bits per heavy atom. The van der Waals surface area contributed by atoms with Crippen LogP contribution in [-0.4, -0.2) is 11.9 Å². The van der Waals surface area contributed by atoms with E-state index >= 15 is 0 Å². The second-order valence-corrected chi connectivity index (χ2v) is 6.50. The molecule has 0 radical (unpaired) electrons. The largest absolute Gasteiger partial charge is 0.348 e. The van der Waals surface area contributed by atoms with Crippen LogP contribution in [0.2, 0.25) is 0 Å². The Hall–Kier alpha value is -1.35. The standard InChI is InChI=1S/C16H26N2O/c1-10-7-11(2)9-13(8-10)12(3)18-15(19)14(17)16(4,5)6/h7-9,12,14H,17H2,1-6H3,(H,18,19)/t12?,14-/m1/s1. The van der Waals surface area contributed by atoms with Gasteiger partial charge in [0, 0.05) is 0 Å². The molecular weight excluding hydrogens is 236 g/mol. The summed E-state index contributed by atoms with van der Waals surface area (Å²) in [5.74, 6) is -0.0980. The third-order valence-electron chi connectivity index (χ3n) is 3.32. The molecule has 106 valence electrons. The van der Waals surface area contributed by atoms with E-state index in [2.05, 4.69) is 37.4 Å². The molecule has 19 heavy (non-hydrogen) atoms. The Labute approximate surface area is 116 Å². The minimum atomic E-state index is -0.499. The number of benzene rings is 1. The summed E-state index contributed by atoms with van der Waals surface area (Å²) in [5, 5.41) is 2.99. The number of hydrogen-bond donors (Lipinski definition) is 2. The summed E-state index contributed by atoms with van der Waals surface area (Å²) in [6.07, 6.45) is 0. The van der Waals surface area contributed by atoms with Crippen LogP contribution in [0.5, 0.6) is 0 Å². The molecule has 1 aromatic rings. The van der Waals surface area contributed by atoms with E-state index in [1.807, 2.05) is 27.7 Å². The van der Waals surface area contributed by atoms with Crippen molar-refractivity contribution in [2.45, 2.75) is 53.6 Å². The van der Waals surface area contributed by atoms with Gasteiger partial charge < -0.3 is 11.1 Å². The molecule has 0 aliphatic heterocycles. The summed E-state index contributed by atoms with van der Waals surface area (Å²) in [5.41, 5.74) is 9.27. The van der Waals surface area contributed by atoms with E-state index in [1.54, 1.807) is 0 Å². The van der Waals surface area contributed by atoms with Crippen LogP contribution in [-0.2, 0) is 4.79 Å². The molecule has 2 atom stereocenters. The van der Waals surface area contributed by atoms with Gasteiger partial charge in [-0.25, -0.2) is 0 Å². The highest BCUT2D eigenvalue weighted by Gasteiger charge is 2.28. The predicted molar refractivity (Wildman–Crippen MR) is 79.9 cm³/mol. The van der Waals surface area contributed by atoms with Gasteiger partial charge in [-0.15, -0.1) is 0 Å². The van der Waals surface area contributed by atoms with Crippen LogP contribution >= 0.6 is 0 Å². The molecular formula is C16H26N2O. The predicted octanol–water partition coefficient (Wildman–Crippen LogP) is 2.85. The van der Waals surface area contributed by atoms with Crippen LogP contribution < -0.4 is 11.1 Å². The maximum Gasteiger partial charge on any atom is 0.237 e. The maximum absolute atomic E-state index is 12.1. The van der Waals surface area contributed by atoms with Gasteiger partial charge >= 0.3 is 0 Å². The van der Waals surface area contributed by atoms with Crippen LogP contribution in [0, 0.1) is 19.3 Å². The van der Waals surface area contributed by atoms with Crippen LogP contribution in [0.25, 0.3) is 0 Å². The number of aryl methyl sites for hydroxylation is 2. The first-order valence-corrected chi connectivity index (χ1v) is 6.75. The number of nitrogens with one attached hydrogen (secondary N) is 1. The lowest BCUT2D eigenvalue weighted by atomic mass is 9.86. The van der Waals surface area contributed by atoms with Gasteiger partial charge in [-0.1, -0.05) is 50.1 Å². The third kappa shape index (κ3) is 4.35. The van der Waals surface area contributed by atoms with Crippen molar-refractivity contribution in [3.63, 3.8) is 0 Å². The lowest BCUT2D eigenvalue weighted by Crippen LogP contribution is -2.49. The SMILES string of the molecule is Cc1cc(C)cc(C(C)NC(=O)[C@@H](N)C(C)(C)C)c1. The molecule has 0 aliphatic carbocycles. The molecule has 3 heteroatoms. The number of carbonyl (C=O) groups excluding carboxylic acids is 1. The maximum atomic E-state index is 12.1. The van der Waals surface area contributed by atoms with Crippen molar-refractivity contribution in [2.24, 2.45) is 11.1 Å². The average Bonchev–Trinajstić information content (AvgIpc) is 2.25. The van der Waals surface area contributed by atoms with Crippen molar-refractivity contribution < 1.29 is 4.79 Å². The fourth-order valence-electron chi connectivity index (χ4n) is 2.04. The fourth-order valence-corrected chi connectivity index (χ4v) is 2.04. The van der Waals surface area contributed by atoms with Crippen molar-refractivity contribution in [3.8, 4) is 0 Å². The summed E-state index contributed by atoms with van der Waals surface area (Å²) >= 11 is 0. The van der Waals surface area contributed by atoms with Gasteiger partial charge in [-0.3, -0.25) is 4.79 Å². The number of amides is 1. The van der Waals surface area contributed by atoms with Gasteiger partial charge in [0.2, 0.25) is 5.91 Å². The Morgan fingerprint density at radius 3 is 2.05 bits per heavy atom. The normalized spacial score (nSPS) is 14.9. The van der Waals surface area contributed by atoms with Gasteiger partial charge in [0.15, 0.2) is 0 Å². The topological polar surface area (TPSA) is 55.1 Å². The molecule has 3 N–H and O–H groups in total. The fraction of sp³-hybridized carbons (Fsp3) is 0.562. The Kier molecular flexibility index (Phi) is 4.75. The zero-order chi connectivity index (χ0) is 14.8. The molecule has 0 heterocycles. The molecule has 0 saturated heterocycles. The Morgan fingerprint density at radius 1 is 1.16 bits per heavy atom. The monoisotopic (exact) mass is 262 g/mol. The molecule has 1 unspecified atom stereocenters. The molecule has 0 spiro atoms. The van der Waals surface area contributed by atoms with Gasteiger partial charge in [0.1, 0.15) is 0 Å². The van der Waals surface area contributed by atoms with Gasteiger partial charge in [0.05, 0.1) is 12.1 Å². The minimum absolute atomic E-state index is 0.0282. The first kappa shape index (κ1) is 15.7. The van der Waals surface area contributed by atoms with Crippen molar-refractivity contribution in [3.05, 3.63) is 34.9 Å². The number of rotatable bonds is 3. The van der Waals surface area contributed by atoms with E-state index < -0.39 is 6.04 Å². The summed E-state index contributed by atoms with van der Waals surface area (Å²) in [7, 11) is 0. The second-order valence-electron chi connectivity index (χ2n) is 6.50. The smallest absolute Gasteiger partial charge is 0.237 e. The quantitative estimate of drug-likeness (QED) is 0.880. The van der Waals surface area contributed by atoms with E-state index in [0.717, 1.165) is 5.56 Å². The lowest BCUT2D eigenvalue weighted by Gasteiger charge is -2.27. The highest BCUT2D eigenvalue weighted by atomic mass is 16.2. The van der Waals surface area contributed by atoms with Crippen molar-refractivity contribution in [1.82, 2.24) is 5.32 Å². The minimum Gasteiger partial charge on any atom is -0.348 e. The highest BCUT2D eigenvalue weighted by Crippen LogP contribution is 2.20. The molecule has 0 bridgehead atoms. The first-order valence-electron chi connectivity index (χ1n) is 6.75. The van der Waals surface area contributed by atoms with E-state index in [-0.39, 0.29) is 17.4 Å². The Bertz CT molecular complexity index is 440. The molecule has 1 aromatic carbocycles. The molecule has 1 amide bonds. The lowest BCUT2D eigenvalue weighted by molar-refractivity contribution is -0.125. The van der Waals surface area contributed by atoms with E-state index in [1.165, 1.54) is 11.1 Å². The summed E-state index contributed by atoms with van der Waals surface area (Å²) in [4.78, 5) is 12.1. The summed E-state index contributed by atoms with van der Waals surface area (Å²) in [6, 6.07) is 5.79. The Balaban J connectivity index is 2.79. The zero-order valence-corrected chi connectivity index (χ0v) is 12.9. The zero-order valence-electron chi connectivity index (χ0n) is 12.9. The number of nitrogens with two attached hydrogens (primary N) is 1. The van der Waals surface area contributed by atoms with Gasteiger partial charge in [-0.2, -0.15) is 0 Å². The molecule has 0 aliphatic rings. The number of hydrogen-bond acceptors (Lipinski definition) is 2. The first-order chi connectivity index (χ1) is 8.61. The van der Waals surface area contributed by atoms with E-state index in [0.29, 0.717) is 0 Å². The molecule has 3 nitrogen and oxygen atoms in total. The van der Waals surface area contributed by atoms with Crippen molar-refractivity contribution in [2.75, 3.05) is 0 Å².